The van der Waals surface area contributed by atoms with Gasteiger partial charge in [0.05, 0.1) is 0 Å². The van der Waals surface area contributed by atoms with Gasteiger partial charge in [0.25, 0.3) is 5.91 Å². The third-order valence-corrected chi connectivity index (χ3v) is 4.09. The maximum absolute atomic E-state index is 13.8. The summed E-state index contributed by atoms with van der Waals surface area (Å²) < 4.78 is 45.4. The lowest BCUT2D eigenvalue weighted by Gasteiger charge is -2.38. The molecule has 1 heterocycles. The third kappa shape index (κ3) is 3.16. The molecule has 0 saturated carbocycles. The minimum atomic E-state index is -2.02. The lowest BCUT2D eigenvalue weighted by Crippen LogP contribution is -2.58. The molecule has 1 aliphatic heterocycles. The Balaban J connectivity index is 2.12. The molecule has 0 radical (unpaired) electrons. The van der Waals surface area contributed by atoms with Crippen molar-refractivity contribution in [1.29, 1.82) is 0 Å². The molecule has 1 aromatic rings. The molecule has 1 N–H and O–H groups in total. The molecule has 1 saturated heterocycles. The summed E-state index contributed by atoms with van der Waals surface area (Å²) in [5, 5.41) is 9.14. The van der Waals surface area contributed by atoms with E-state index in [0.717, 1.165) is 14.0 Å². The van der Waals surface area contributed by atoms with Crippen LogP contribution in [0.15, 0.2) is 12.1 Å². The highest BCUT2D eigenvalue weighted by molar-refractivity contribution is 6.05. The number of nitrogens with zero attached hydrogens (tertiary/aromatic N) is 2. The number of carboxylic acids is 1. The minimum Gasteiger partial charge on any atom is -0.479 e. The van der Waals surface area contributed by atoms with Gasteiger partial charge in [0.2, 0.25) is 5.60 Å². The van der Waals surface area contributed by atoms with E-state index < -0.39 is 34.9 Å². The fraction of sp³-hybridized carbons (Fsp3) is 0.467. The number of carbonyl (C=O) groups excluding carboxylic acids is 1. The molecular formula is C15H17F3N2O4. The Hall–Kier alpha value is -2.29. The number of hydrogen-bond donors (Lipinski definition) is 1. The van der Waals surface area contributed by atoms with E-state index in [1.165, 1.54) is 9.80 Å². The Morgan fingerprint density at radius 1 is 1.12 bits per heavy atom. The van der Waals surface area contributed by atoms with Crippen LogP contribution in [0.3, 0.4) is 0 Å². The van der Waals surface area contributed by atoms with E-state index in [-0.39, 0.29) is 31.9 Å². The normalized spacial score (nSPS) is 17.5. The molecule has 0 spiro atoms. The quantitative estimate of drug-likeness (QED) is 0.831. The molecule has 0 bridgehead atoms. The second-order valence-corrected chi connectivity index (χ2v) is 5.54. The first kappa shape index (κ1) is 18.1. The molecule has 2 rings (SSSR count). The first-order valence-electron chi connectivity index (χ1n) is 7.18. The molecule has 1 aliphatic rings. The summed E-state index contributed by atoms with van der Waals surface area (Å²) in [7, 11) is 1.12. The number of benzene rings is 1. The summed E-state index contributed by atoms with van der Waals surface area (Å²) in [6.45, 7) is 1.40. The Morgan fingerprint density at radius 3 is 2.04 bits per heavy atom. The van der Waals surface area contributed by atoms with E-state index in [4.69, 9.17) is 9.84 Å². The van der Waals surface area contributed by atoms with Crippen molar-refractivity contribution >= 4 is 17.6 Å². The first-order valence-corrected chi connectivity index (χ1v) is 7.18. The van der Waals surface area contributed by atoms with E-state index in [1.807, 2.05) is 0 Å². The summed E-state index contributed by atoms with van der Waals surface area (Å²) >= 11 is 0. The second kappa shape index (κ2) is 6.68. The Morgan fingerprint density at radius 2 is 1.62 bits per heavy atom. The Labute approximate surface area is 136 Å². The smallest absolute Gasteiger partial charge is 0.345 e. The molecule has 1 aromatic carbocycles. The van der Waals surface area contributed by atoms with Crippen LogP contribution in [0, 0.1) is 17.5 Å². The highest BCUT2D eigenvalue weighted by Crippen LogP contribution is 2.26. The Bertz CT molecular complexity index is 639. The fourth-order valence-electron chi connectivity index (χ4n) is 2.54. The van der Waals surface area contributed by atoms with Crippen LogP contribution < -0.4 is 4.90 Å². The first-order chi connectivity index (χ1) is 11.2. The summed E-state index contributed by atoms with van der Waals surface area (Å²) in [4.78, 5) is 26.1. The van der Waals surface area contributed by atoms with Gasteiger partial charge in [-0.25, -0.2) is 18.0 Å². The zero-order chi connectivity index (χ0) is 18.1. The molecular weight excluding hydrogens is 329 g/mol. The van der Waals surface area contributed by atoms with Crippen molar-refractivity contribution in [1.82, 2.24) is 4.90 Å². The van der Waals surface area contributed by atoms with Crippen molar-refractivity contribution in [3.63, 3.8) is 0 Å². The van der Waals surface area contributed by atoms with Crippen LogP contribution in [-0.2, 0) is 14.3 Å². The van der Waals surface area contributed by atoms with Crippen LogP contribution in [0.25, 0.3) is 0 Å². The van der Waals surface area contributed by atoms with Gasteiger partial charge in [0.15, 0.2) is 11.6 Å². The van der Waals surface area contributed by atoms with Crippen molar-refractivity contribution in [2.45, 2.75) is 12.5 Å². The second-order valence-electron chi connectivity index (χ2n) is 5.54. The van der Waals surface area contributed by atoms with Crippen molar-refractivity contribution in [2.75, 3.05) is 38.2 Å². The molecule has 9 heteroatoms. The molecule has 1 unspecified atom stereocenters. The lowest BCUT2D eigenvalue weighted by atomic mass is 10.0. The van der Waals surface area contributed by atoms with Crippen LogP contribution in [0.2, 0.25) is 0 Å². The number of ether oxygens (including phenoxy) is 1. The van der Waals surface area contributed by atoms with Gasteiger partial charge in [-0.2, -0.15) is 0 Å². The summed E-state index contributed by atoms with van der Waals surface area (Å²) in [6, 6.07) is 1.17. The Kier molecular flexibility index (Phi) is 5.02. The largest absolute Gasteiger partial charge is 0.479 e. The zero-order valence-corrected chi connectivity index (χ0v) is 13.2. The van der Waals surface area contributed by atoms with E-state index in [2.05, 4.69) is 0 Å². The number of halogens is 3. The monoisotopic (exact) mass is 346 g/mol. The van der Waals surface area contributed by atoms with Gasteiger partial charge in [-0.1, -0.05) is 0 Å². The standard InChI is InChI=1S/C15H17F3N2O4/c1-15(24-2,14(22)23)13(21)20-5-3-19(4-6-20)12-10(17)7-9(16)8-11(12)18/h7-8H,3-6H2,1-2H3,(H,22,23). The molecule has 6 nitrogen and oxygen atoms in total. The lowest BCUT2D eigenvalue weighted by molar-refractivity contribution is -0.173. The maximum atomic E-state index is 13.8. The number of piperazine rings is 1. The fourth-order valence-corrected chi connectivity index (χ4v) is 2.54. The van der Waals surface area contributed by atoms with Gasteiger partial charge >= 0.3 is 5.97 Å². The summed E-state index contributed by atoms with van der Waals surface area (Å²) in [5.41, 5.74) is -2.38. The van der Waals surface area contributed by atoms with Gasteiger partial charge in [-0.15, -0.1) is 0 Å². The topological polar surface area (TPSA) is 70.1 Å². The summed E-state index contributed by atoms with van der Waals surface area (Å²) in [6.07, 6.45) is 0. The van der Waals surface area contributed by atoms with Crippen molar-refractivity contribution < 1.29 is 32.6 Å². The molecule has 24 heavy (non-hydrogen) atoms. The highest BCUT2D eigenvalue weighted by Gasteiger charge is 2.45. The van der Waals surface area contributed by atoms with E-state index in [9.17, 15) is 22.8 Å². The van der Waals surface area contributed by atoms with Gasteiger partial charge in [0, 0.05) is 45.4 Å². The average molecular weight is 346 g/mol. The van der Waals surface area contributed by atoms with Crippen molar-refractivity contribution in [3.05, 3.63) is 29.6 Å². The third-order valence-electron chi connectivity index (χ3n) is 4.09. The van der Waals surface area contributed by atoms with E-state index >= 15 is 0 Å². The molecule has 132 valence electrons. The van der Waals surface area contributed by atoms with Crippen LogP contribution in [0.4, 0.5) is 18.9 Å². The van der Waals surface area contributed by atoms with Gasteiger partial charge < -0.3 is 19.6 Å². The van der Waals surface area contributed by atoms with Gasteiger partial charge in [0.1, 0.15) is 11.5 Å². The van der Waals surface area contributed by atoms with Gasteiger partial charge in [-0.05, 0) is 6.92 Å². The number of methoxy groups -OCH3 is 1. The average Bonchev–Trinajstić information content (AvgIpc) is 2.53. The number of rotatable bonds is 4. The van der Waals surface area contributed by atoms with Crippen LogP contribution >= 0.6 is 0 Å². The minimum absolute atomic E-state index is 0.0569. The molecule has 1 amide bonds. The highest BCUT2D eigenvalue weighted by atomic mass is 19.1. The summed E-state index contributed by atoms with van der Waals surface area (Å²) in [5.74, 6) is -5.23. The van der Waals surface area contributed by atoms with Crippen LogP contribution in [0.5, 0.6) is 0 Å². The maximum Gasteiger partial charge on any atom is 0.345 e. The van der Waals surface area contributed by atoms with Crippen LogP contribution in [0.1, 0.15) is 6.92 Å². The number of carbonyl (C=O) groups is 2. The predicted molar refractivity (Wildman–Crippen MR) is 78.2 cm³/mol. The van der Waals surface area contributed by atoms with Crippen molar-refractivity contribution in [3.8, 4) is 0 Å². The SMILES string of the molecule is COC(C)(C(=O)O)C(=O)N1CCN(c2c(F)cc(F)cc2F)CC1. The molecule has 1 fully saturated rings. The van der Waals surface area contributed by atoms with Crippen molar-refractivity contribution in [2.24, 2.45) is 0 Å². The molecule has 1 atom stereocenters. The number of carboxylic acid groups (broad SMARTS) is 1. The molecule has 0 aromatic heterocycles. The van der Waals surface area contributed by atoms with Gasteiger partial charge in [-0.3, -0.25) is 4.79 Å². The van der Waals surface area contributed by atoms with E-state index in [1.54, 1.807) is 0 Å². The van der Waals surface area contributed by atoms with Crippen LogP contribution in [-0.4, -0.2) is 60.8 Å². The van der Waals surface area contributed by atoms with E-state index in [0.29, 0.717) is 12.1 Å². The predicted octanol–water partition coefficient (Wildman–Crippen LogP) is 1.24. The molecule has 0 aliphatic carbocycles. The number of anilines is 1. The zero-order valence-electron chi connectivity index (χ0n) is 13.2. The number of hydrogen-bond acceptors (Lipinski definition) is 4. The number of aliphatic carboxylic acids is 1. The number of amides is 1.